The molecular weight excluding hydrogens is 414 g/mol. The molecule has 0 saturated carbocycles. The second kappa shape index (κ2) is 8.66. The number of hydrogen-bond donors (Lipinski definition) is 0. The second-order valence-electron chi connectivity index (χ2n) is 8.42. The number of anilines is 1. The quantitative estimate of drug-likeness (QED) is 0.369. The lowest BCUT2D eigenvalue weighted by Crippen LogP contribution is -2.32. The molecule has 0 aliphatic carbocycles. The molecule has 1 aromatic heterocycles. The third kappa shape index (κ3) is 3.95. The van der Waals surface area contributed by atoms with E-state index in [0.717, 1.165) is 44.8 Å². The lowest BCUT2D eigenvalue weighted by atomic mass is 9.96. The minimum atomic E-state index is -0.279. The van der Waals surface area contributed by atoms with Crippen LogP contribution in [-0.2, 0) is 13.0 Å². The van der Waals surface area contributed by atoms with Crippen molar-refractivity contribution in [3.05, 3.63) is 98.9 Å². The zero-order valence-electron chi connectivity index (χ0n) is 19.2. The normalized spacial score (nSPS) is 13.0. The summed E-state index contributed by atoms with van der Waals surface area (Å²) in [6.45, 7) is 7.75. The predicted octanol–water partition coefficient (Wildman–Crippen LogP) is 5.76. The second-order valence-corrected chi connectivity index (χ2v) is 8.42. The van der Waals surface area contributed by atoms with Gasteiger partial charge in [-0.05, 0) is 62.2 Å². The molecule has 0 saturated heterocycles. The Kier molecular flexibility index (Phi) is 5.55. The SMILES string of the molecule is CCOc1ccc(N2COc3c(cc4c(C)c(Cc5ccccc5)c(=O)oc4c3C)C2)cc1. The van der Waals surface area contributed by atoms with Gasteiger partial charge in [0.25, 0.3) is 0 Å². The zero-order valence-corrected chi connectivity index (χ0v) is 19.2. The number of rotatable bonds is 5. The van der Waals surface area contributed by atoms with Crippen molar-refractivity contribution in [2.45, 2.75) is 33.7 Å². The first-order valence-corrected chi connectivity index (χ1v) is 11.3. The van der Waals surface area contributed by atoms with E-state index >= 15 is 0 Å². The van der Waals surface area contributed by atoms with Crippen LogP contribution >= 0.6 is 0 Å². The lowest BCUT2D eigenvalue weighted by molar-refractivity contribution is 0.287. The van der Waals surface area contributed by atoms with E-state index in [2.05, 4.69) is 23.1 Å². The van der Waals surface area contributed by atoms with Gasteiger partial charge in [-0.1, -0.05) is 30.3 Å². The largest absolute Gasteiger partial charge is 0.494 e. The van der Waals surface area contributed by atoms with Crippen molar-refractivity contribution in [2.75, 3.05) is 18.2 Å². The van der Waals surface area contributed by atoms with Crippen molar-refractivity contribution in [1.29, 1.82) is 0 Å². The predicted molar refractivity (Wildman–Crippen MR) is 130 cm³/mol. The third-order valence-corrected chi connectivity index (χ3v) is 6.30. The highest BCUT2D eigenvalue weighted by Gasteiger charge is 2.24. The molecule has 0 bridgehead atoms. The highest BCUT2D eigenvalue weighted by atomic mass is 16.5. The molecule has 0 amide bonds. The van der Waals surface area contributed by atoms with E-state index in [0.29, 0.717) is 37.4 Å². The number of hydrogen-bond acceptors (Lipinski definition) is 5. The summed E-state index contributed by atoms with van der Waals surface area (Å²) in [7, 11) is 0. The molecule has 5 heteroatoms. The van der Waals surface area contributed by atoms with Gasteiger partial charge in [-0.15, -0.1) is 0 Å². The summed E-state index contributed by atoms with van der Waals surface area (Å²) < 4.78 is 17.5. The monoisotopic (exact) mass is 441 g/mol. The molecule has 5 rings (SSSR count). The van der Waals surface area contributed by atoms with Crippen LogP contribution < -0.4 is 20.0 Å². The highest BCUT2D eigenvalue weighted by Crippen LogP contribution is 2.37. The molecule has 0 unspecified atom stereocenters. The maximum absolute atomic E-state index is 12.9. The van der Waals surface area contributed by atoms with Gasteiger partial charge in [0.15, 0.2) is 6.73 Å². The van der Waals surface area contributed by atoms with Crippen LogP contribution in [0.1, 0.15) is 34.7 Å². The van der Waals surface area contributed by atoms with Gasteiger partial charge < -0.3 is 18.8 Å². The molecule has 0 atom stereocenters. The molecule has 2 heterocycles. The van der Waals surface area contributed by atoms with E-state index in [-0.39, 0.29) is 5.63 Å². The smallest absolute Gasteiger partial charge is 0.340 e. The number of fused-ring (bicyclic) bond motifs is 2. The van der Waals surface area contributed by atoms with Crippen molar-refractivity contribution >= 4 is 16.7 Å². The molecule has 4 aromatic rings. The lowest BCUT2D eigenvalue weighted by Gasteiger charge is -2.32. The Morgan fingerprint density at radius 1 is 1.00 bits per heavy atom. The standard InChI is InChI=1S/C28H27NO4/c1-4-31-23-12-10-22(11-13-23)29-16-21-15-24-18(2)25(14-20-8-6-5-7-9-20)28(30)33-27(24)19(3)26(21)32-17-29/h5-13,15H,4,14,16-17H2,1-3H3. The fourth-order valence-corrected chi connectivity index (χ4v) is 4.53. The molecule has 33 heavy (non-hydrogen) atoms. The molecular formula is C28H27NO4. The Labute approximate surface area is 193 Å². The van der Waals surface area contributed by atoms with Crippen LogP contribution in [0.3, 0.4) is 0 Å². The molecule has 3 aromatic carbocycles. The molecule has 1 aliphatic heterocycles. The van der Waals surface area contributed by atoms with Crippen LogP contribution in [0, 0.1) is 13.8 Å². The first kappa shape index (κ1) is 21.1. The maximum atomic E-state index is 12.9. The van der Waals surface area contributed by atoms with E-state index in [1.165, 1.54) is 0 Å². The average Bonchev–Trinajstić information content (AvgIpc) is 2.84. The first-order chi connectivity index (χ1) is 16.0. The van der Waals surface area contributed by atoms with Crippen molar-refractivity contribution in [3.8, 4) is 11.5 Å². The minimum absolute atomic E-state index is 0.279. The van der Waals surface area contributed by atoms with Crippen LogP contribution in [0.2, 0.25) is 0 Å². The summed E-state index contributed by atoms with van der Waals surface area (Å²) >= 11 is 0. The van der Waals surface area contributed by atoms with Gasteiger partial charge in [0.2, 0.25) is 0 Å². The van der Waals surface area contributed by atoms with E-state index in [1.807, 2.05) is 63.2 Å². The van der Waals surface area contributed by atoms with Gasteiger partial charge in [0.1, 0.15) is 17.1 Å². The molecule has 1 aliphatic rings. The molecule has 0 N–H and O–H groups in total. The third-order valence-electron chi connectivity index (χ3n) is 6.30. The van der Waals surface area contributed by atoms with Crippen LogP contribution in [0.15, 0.2) is 69.9 Å². The number of benzene rings is 3. The van der Waals surface area contributed by atoms with Gasteiger partial charge >= 0.3 is 5.63 Å². The Morgan fingerprint density at radius 2 is 1.76 bits per heavy atom. The summed E-state index contributed by atoms with van der Waals surface area (Å²) in [5.74, 6) is 1.67. The first-order valence-electron chi connectivity index (χ1n) is 11.3. The molecule has 0 spiro atoms. The van der Waals surface area contributed by atoms with Crippen molar-refractivity contribution in [3.63, 3.8) is 0 Å². The van der Waals surface area contributed by atoms with E-state index in [9.17, 15) is 4.79 Å². The number of ether oxygens (including phenoxy) is 2. The Balaban J connectivity index is 1.53. The summed E-state index contributed by atoms with van der Waals surface area (Å²) in [4.78, 5) is 15.0. The Morgan fingerprint density at radius 3 is 2.48 bits per heavy atom. The summed E-state index contributed by atoms with van der Waals surface area (Å²) in [5, 5.41) is 0.967. The zero-order chi connectivity index (χ0) is 22.9. The van der Waals surface area contributed by atoms with Gasteiger partial charge in [0, 0.05) is 40.7 Å². The van der Waals surface area contributed by atoms with Crippen molar-refractivity contribution < 1.29 is 13.9 Å². The van der Waals surface area contributed by atoms with Crippen molar-refractivity contribution in [1.82, 2.24) is 0 Å². The van der Waals surface area contributed by atoms with E-state index < -0.39 is 0 Å². The van der Waals surface area contributed by atoms with Crippen LogP contribution in [-0.4, -0.2) is 13.3 Å². The fourth-order valence-electron chi connectivity index (χ4n) is 4.53. The van der Waals surface area contributed by atoms with Crippen LogP contribution in [0.4, 0.5) is 5.69 Å². The summed E-state index contributed by atoms with van der Waals surface area (Å²) in [6, 6.07) is 20.2. The van der Waals surface area contributed by atoms with Gasteiger partial charge in [-0.25, -0.2) is 4.79 Å². The Hall–Kier alpha value is -3.73. The van der Waals surface area contributed by atoms with Crippen molar-refractivity contribution in [2.24, 2.45) is 0 Å². The van der Waals surface area contributed by atoms with Crippen LogP contribution in [0.5, 0.6) is 11.5 Å². The maximum Gasteiger partial charge on any atom is 0.340 e. The van der Waals surface area contributed by atoms with E-state index in [1.54, 1.807) is 0 Å². The number of nitrogens with zero attached hydrogens (tertiary/aromatic N) is 1. The summed E-state index contributed by atoms with van der Waals surface area (Å²) in [5.41, 5.74) is 6.13. The highest BCUT2D eigenvalue weighted by molar-refractivity contribution is 5.87. The summed E-state index contributed by atoms with van der Waals surface area (Å²) in [6.07, 6.45) is 0.551. The minimum Gasteiger partial charge on any atom is -0.494 e. The molecule has 5 nitrogen and oxygen atoms in total. The topological polar surface area (TPSA) is 51.9 Å². The van der Waals surface area contributed by atoms with Gasteiger partial charge in [0.05, 0.1) is 6.61 Å². The molecule has 168 valence electrons. The number of aryl methyl sites for hydroxylation is 2. The van der Waals surface area contributed by atoms with Gasteiger partial charge in [-0.2, -0.15) is 0 Å². The molecule has 0 fully saturated rings. The van der Waals surface area contributed by atoms with Crippen LogP contribution in [0.25, 0.3) is 11.0 Å². The fraction of sp³-hybridized carbons (Fsp3) is 0.250. The molecule has 0 radical (unpaired) electrons. The van der Waals surface area contributed by atoms with E-state index in [4.69, 9.17) is 13.9 Å². The van der Waals surface area contributed by atoms with Gasteiger partial charge in [-0.3, -0.25) is 0 Å². The average molecular weight is 442 g/mol. The Bertz CT molecular complexity index is 1360.